The van der Waals surface area contributed by atoms with E-state index in [0.29, 0.717) is 6.54 Å². The molecule has 0 saturated heterocycles. The molecule has 0 bridgehead atoms. The maximum Gasteiger partial charge on any atom is 0.311 e. The van der Waals surface area contributed by atoms with Crippen LogP contribution in [0.5, 0.6) is 0 Å². The number of nitrogens with zero attached hydrogens (tertiary/aromatic N) is 4. The molecule has 0 aliphatic carbocycles. The number of pyridine rings is 1. The molecule has 2 rings (SSSR count). The number of anilines is 1. The molecule has 0 unspecified atom stereocenters. The molecule has 7 nitrogen and oxygen atoms in total. The summed E-state index contributed by atoms with van der Waals surface area (Å²) >= 11 is 5.78. The molecule has 0 aliphatic rings. The Morgan fingerprint density at radius 3 is 2.70 bits per heavy atom. The summed E-state index contributed by atoms with van der Waals surface area (Å²) in [6.45, 7) is 4.24. The summed E-state index contributed by atoms with van der Waals surface area (Å²) in [4.78, 5) is 14.4. The van der Waals surface area contributed by atoms with Gasteiger partial charge in [-0.2, -0.15) is 5.10 Å². The minimum atomic E-state index is -0.491. The molecule has 0 fully saturated rings. The van der Waals surface area contributed by atoms with Crippen LogP contribution >= 0.6 is 11.6 Å². The second kappa shape index (κ2) is 5.46. The Hall–Kier alpha value is -2.15. The molecular formula is C12H14ClN5O2. The van der Waals surface area contributed by atoms with E-state index in [-0.39, 0.29) is 16.7 Å². The van der Waals surface area contributed by atoms with Gasteiger partial charge in [0.05, 0.1) is 10.6 Å². The van der Waals surface area contributed by atoms with Gasteiger partial charge in [-0.25, -0.2) is 4.98 Å². The van der Waals surface area contributed by atoms with E-state index in [2.05, 4.69) is 15.4 Å². The molecule has 8 heteroatoms. The number of halogens is 1. The van der Waals surface area contributed by atoms with Gasteiger partial charge in [-0.15, -0.1) is 0 Å². The SMILES string of the molecule is Cc1nn(C)c(C)c1CNc1nc(Cl)ccc1[N+](=O)[O-]. The molecule has 106 valence electrons. The summed E-state index contributed by atoms with van der Waals surface area (Å²) in [6.07, 6.45) is 0. The van der Waals surface area contributed by atoms with Crippen molar-refractivity contribution in [1.82, 2.24) is 14.8 Å². The van der Waals surface area contributed by atoms with Crippen LogP contribution in [0, 0.1) is 24.0 Å². The largest absolute Gasteiger partial charge is 0.360 e. The molecule has 2 aromatic rings. The second-order valence-electron chi connectivity index (χ2n) is 4.39. The molecule has 0 saturated carbocycles. The van der Waals surface area contributed by atoms with Crippen LogP contribution in [0.1, 0.15) is 17.0 Å². The predicted molar refractivity (Wildman–Crippen MR) is 75.9 cm³/mol. The molecule has 2 aromatic heterocycles. The maximum absolute atomic E-state index is 10.9. The number of aryl methyl sites for hydroxylation is 2. The minimum Gasteiger partial charge on any atom is -0.360 e. The molecule has 0 radical (unpaired) electrons. The van der Waals surface area contributed by atoms with Crippen LogP contribution < -0.4 is 5.32 Å². The standard InChI is InChI=1S/C12H14ClN5O2/c1-7-9(8(2)17(3)16-7)6-14-12-10(18(19)20)4-5-11(13)15-12/h4-5H,6H2,1-3H3,(H,14,15). The van der Waals surface area contributed by atoms with Crippen LogP contribution in [-0.4, -0.2) is 19.7 Å². The fourth-order valence-electron chi connectivity index (χ4n) is 1.95. The maximum atomic E-state index is 10.9. The summed E-state index contributed by atoms with van der Waals surface area (Å²) in [5.41, 5.74) is 2.76. The first-order valence-electron chi connectivity index (χ1n) is 5.94. The molecule has 0 aromatic carbocycles. The van der Waals surface area contributed by atoms with Gasteiger partial charge in [-0.3, -0.25) is 14.8 Å². The van der Waals surface area contributed by atoms with Gasteiger partial charge in [0.15, 0.2) is 0 Å². The minimum absolute atomic E-state index is 0.103. The number of aromatic nitrogens is 3. The van der Waals surface area contributed by atoms with Crippen molar-refractivity contribution < 1.29 is 4.92 Å². The highest BCUT2D eigenvalue weighted by atomic mass is 35.5. The van der Waals surface area contributed by atoms with E-state index in [1.54, 1.807) is 4.68 Å². The molecule has 2 heterocycles. The predicted octanol–water partition coefficient (Wildman–Crippen LogP) is 2.61. The Bertz CT molecular complexity index is 668. The van der Waals surface area contributed by atoms with Gasteiger partial charge in [-0.05, 0) is 19.9 Å². The number of hydrogen-bond acceptors (Lipinski definition) is 5. The lowest BCUT2D eigenvalue weighted by Gasteiger charge is -2.07. The lowest BCUT2D eigenvalue weighted by molar-refractivity contribution is -0.384. The Morgan fingerprint density at radius 1 is 1.45 bits per heavy atom. The third kappa shape index (κ3) is 2.72. The topological polar surface area (TPSA) is 85.9 Å². The monoisotopic (exact) mass is 295 g/mol. The van der Waals surface area contributed by atoms with E-state index < -0.39 is 4.92 Å². The van der Waals surface area contributed by atoms with Gasteiger partial charge in [0, 0.05) is 30.9 Å². The van der Waals surface area contributed by atoms with Crippen molar-refractivity contribution in [3.05, 3.63) is 44.4 Å². The number of nitro groups is 1. The molecule has 0 spiro atoms. The van der Waals surface area contributed by atoms with Gasteiger partial charge in [-0.1, -0.05) is 11.6 Å². The second-order valence-corrected chi connectivity index (χ2v) is 4.77. The lowest BCUT2D eigenvalue weighted by atomic mass is 10.2. The summed E-state index contributed by atoms with van der Waals surface area (Å²) in [5.74, 6) is 0.158. The van der Waals surface area contributed by atoms with E-state index in [9.17, 15) is 10.1 Å². The van der Waals surface area contributed by atoms with Gasteiger partial charge in [0.25, 0.3) is 0 Å². The third-order valence-corrected chi connectivity index (χ3v) is 3.34. The van der Waals surface area contributed by atoms with E-state index >= 15 is 0 Å². The molecule has 20 heavy (non-hydrogen) atoms. The number of hydrogen-bond donors (Lipinski definition) is 1. The highest BCUT2D eigenvalue weighted by Crippen LogP contribution is 2.25. The summed E-state index contributed by atoms with van der Waals surface area (Å²) in [5, 5.41) is 18.4. The van der Waals surface area contributed by atoms with Crippen LogP contribution in [-0.2, 0) is 13.6 Å². The Morgan fingerprint density at radius 2 is 2.15 bits per heavy atom. The summed E-state index contributed by atoms with van der Waals surface area (Å²) in [6, 6.07) is 2.73. The Kier molecular flexibility index (Phi) is 3.89. The highest BCUT2D eigenvalue weighted by molar-refractivity contribution is 6.29. The fourth-order valence-corrected chi connectivity index (χ4v) is 2.10. The number of rotatable bonds is 4. The zero-order valence-electron chi connectivity index (χ0n) is 11.3. The van der Waals surface area contributed by atoms with Crippen LogP contribution in [0.25, 0.3) is 0 Å². The van der Waals surface area contributed by atoms with Crippen LogP contribution in [0.15, 0.2) is 12.1 Å². The highest BCUT2D eigenvalue weighted by Gasteiger charge is 2.17. The summed E-state index contributed by atoms with van der Waals surface area (Å²) in [7, 11) is 1.85. The fraction of sp³-hybridized carbons (Fsp3) is 0.333. The van der Waals surface area contributed by atoms with Crippen molar-refractivity contribution in [2.24, 2.45) is 7.05 Å². The first-order chi connectivity index (χ1) is 9.40. The van der Waals surface area contributed by atoms with Crippen molar-refractivity contribution in [2.75, 3.05) is 5.32 Å². The van der Waals surface area contributed by atoms with Crippen molar-refractivity contribution in [2.45, 2.75) is 20.4 Å². The van der Waals surface area contributed by atoms with Crippen LogP contribution in [0.2, 0.25) is 5.15 Å². The van der Waals surface area contributed by atoms with Gasteiger partial charge in [0.1, 0.15) is 5.15 Å². The molecule has 0 aliphatic heterocycles. The zero-order chi connectivity index (χ0) is 14.9. The first-order valence-corrected chi connectivity index (χ1v) is 6.32. The van der Waals surface area contributed by atoms with Crippen LogP contribution in [0.4, 0.5) is 11.5 Å². The van der Waals surface area contributed by atoms with Crippen LogP contribution in [0.3, 0.4) is 0 Å². The number of nitrogens with one attached hydrogen (secondary N) is 1. The molecular weight excluding hydrogens is 282 g/mol. The van der Waals surface area contributed by atoms with Crippen molar-refractivity contribution >= 4 is 23.1 Å². The van der Waals surface area contributed by atoms with Gasteiger partial charge >= 0.3 is 5.69 Å². The van der Waals surface area contributed by atoms with Gasteiger partial charge < -0.3 is 5.32 Å². The summed E-state index contributed by atoms with van der Waals surface area (Å²) < 4.78 is 1.77. The normalized spacial score (nSPS) is 10.6. The molecule has 0 atom stereocenters. The van der Waals surface area contributed by atoms with Crippen molar-refractivity contribution in [3.8, 4) is 0 Å². The smallest absolute Gasteiger partial charge is 0.311 e. The first kappa shape index (κ1) is 14.3. The molecule has 0 amide bonds. The Balaban J connectivity index is 2.27. The van der Waals surface area contributed by atoms with E-state index in [1.165, 1.54) is 12.1 Å². The Labute approximate surface area is 120 Å². The van der Waals surface area contributed by atoms with Gasteiger partial charge in [0.2, 0.25) is 5.82 Å². The molecule has 1 N–H and O–H groups in total. The lowest BCUT2D eigenvalue weighted by Crippen LogP contribution is -2.06. The zero-order valence-corrected chi connectivity index (χ0v) is 12.1. The van der Waals surface area contributed by atoms with E-state index in [0.717, 1.165) is 17.0 Å². The van der Waals surface area contributed by atoms with Crippen molar-refractivity contribution in [1.29, 1.82) is 0 Å². The quantitative estimate of drug-likeness (QED) is 0.532. The average Bonchev–Trinajstić information content (AvgIpc) is 2.61. The van der Waals surface area contributed by atoms with Crippen molar-refractivity contribution in [3.63, 3.8) is 0 Å². The average molecular weight is 296 g/mol. The van der Waals surface area contributed by atoms with E-state index in [1.807, 2.05) is 20.9 Å². The third-order valence-electron chi connectivity index (χ3n) is 3.13. The van der Waals surface area contributed by atoms with E-state index in [4.69, 9.17) is 11.6 Å².